The van der Waals surface area contributed by atoms with Gasteiger partial charge in [-0.1, -0.05) is 0 Å². The van der Waals surface area contributed by atoms with Crippen LogP contribution < -0.4 is 0 Å². The number of ether oxygens (including phenoxy) is 1. The van der Waals surface area contributed by atoms with Crippen LogP contribution in [0, 0.1) is 0 Å². The number of aromatic nitrogens is 1. The molecule has 1 aromatic heterocycles. The molecule has 0 saturated heterocycles. The lowest BCUT2D eigenvalue weighted by molar-refractivity contribution is 0.0590. The first-order valence-electron chi connectivity index (χ1n) is 5.93. The predicted octanol–water partition coefficient (Wildman–Crippen LogP) is 0.502. The summed E-state index contributed by atoms with van der Waals surface area (Å²) in [4.78, 5) is 17.3. The number of esters is 1. The van der Waals surface area contributed by atoms with E-state index >= 15 is 0 Å². The Hall–Kier alpha value is -1.03. The Morgan fingerprint density at radius 3 is 2.55 bits per heavy atom. The molecular weight excluding hydrogens is 302 g/mol. The van der Waals surface area contributed by atoms with E-state index in [1.54, 1.807) is 0 Å². The summed E-state index contributed by atoms with van der Waals surface area (Å²) < 4.78 is 30.5. The first kappa shape index (κ1) is 17.0. The Morgan fingerprint density at radius 2 is 2.00 bits per heavy atom. The van der Waals surface area contributed by atoms with Crippen LogP contribution in [0.4, 0.5) is 0 Å². The van der Waals surface area contributed by atoms with Crippen molar-refractivity contribution in [3.8, 4) is 0 Å². The van der Waals surface area contributed by atoms with Gasteiger partial charge in [-0.3, -0.25) is 0 Å². The van der Waals surface area contributed by atoms with Gasteiger partial charge < -0.3 is 9.64 Å². The van der Waals surface area contributed by atoms with Gasteiger partial charge in [0, 0.05) is 13.6 Å². The Morgan fingerprint density at radius 1 is 1.35 bits per heavy atom. The second-order valence-corrected chi connectivity index (χ2v) is 7.56. The maximum atomic E-state index is 12.4. The number of hydrogen-bond acceptors (Lipinski definition) is 7. The van der Waals surface area contributed by atoms with Crippen molar-refractivity contribution in [2.75, 3.05) is 41.3 Å². The molecule has 7 nitrogen and oxygen atoms in total. The quantitative estimate of drug-likeness (QED) is 0.681. The van der Waals surface area contributed by atoms with Gasteiger partial charge in [-0.25, -0.2) is 22.5 Å². The third-order valence-electron chi connectivity index (χ3n) is 2.64. The van der Waals surface area contributed by atoms with Gasteiger partial charge in [-0.15, -0.1) is 11.3 Å². The molecule has 0 N–H and O–H groups in total. The Labute approximate surface area is 123 Å². The van der Waals surface area contributed by atoms with E-state index in [9.17, 15) is 13.2 Å². The Bertz CT molecular complexity index is 554. The number of methoxy groups -OCH3 is 1. The van der Waals surface area contributed by atoms with E-state index in [2.05, 4.69) is 9.72 Å². The monoisotopic (exact) mass is 321 g/mol. The number of rotatable bonds is 7. The largest absolute Gasteiger partial charge is 0.464 e. The molecule has 0 aliphatic heterocycles. The molecule has 114 valence electrons. The minimum Gasteiger partial charge on any atom is -0.464 e. The molecule has 1 rings (SSSR count). The molecular formula is C11H19N3O4S2. The summed E-state index contributed by atoms with van der Waals surface area (Å²) in [6.45, 7) is 1.16. The summed E-state index contributed by atoms with van der Waals surface area (Å²) in [6.07, 6.45) is 0.703. The second kappa shape index (κ2) is 7.11. The van der Waals surface area contributed by atoms with E-state index in [-0.39, 0.29) is 9.90 Å². The van der Waals surface area contributed by atoms with E-state index in [0.717, 1.165) is 17.9 Å². The number of sulfonamides is 1. The molecule has 0 amide bonds. The van der Waals surface area contributed by atoms with Crippen LogP contribution in [0.15, 0.2) is 9.72 Å². The van der Waals surface area contributed by atoms with Crippen LogP contribution in [0.2, 0.25) is 0 Å². The maximum Gasteiger partial charge on any atom is 0.358 e. The molecule has 0 aromatic carbocycles. The number of carbonyl (C=O) groups excluding carboxylic acids is 1. The summed E-state index contributed by atoms with van der Waals surface area (Å²) >= 11 is 0.916. The molecule has 0 bridgehead atoms. The second-order valence-electron chi connectivity index (χ2n) is 4.46. The fourth-order valence-electron chi connectivity index (χ4n) is 1.52. The SMILES string of the molecule is COC(=O)c1ncsc1S(=O)(=O)N(C)CCCN(C)C. The number of nitrogens with zero attached hydrogens (tertiary/aromatic N) is 3. The van der Waals surface area contributed by atoms with Gasteiger partial charge in [0.15, 0.2) is 9.90 Å². The molecule has 0 saturated carbocycles. The topological polar surface area (TPSA) is 79.8 Å². The number of carbonyl (C=O) groups is 1. The molecule has 0 atom stereocenters. The molecule has 1 heterocycles. The molecule has 0 aliphatic carbocycles. The molecule has 0 spiro atoms. The highest BCUT2D eigenvalue weighted by Gasteiger charge is 2.29. The van der Waals surface area contributed by atoms with E-state index < -0.39 is 16.0 Å². The highest BCUT2D eigenvalue weighted by Crippen LogP contribution is 2.24. The van der Waals surface area contributed by atoms with Gasteiger partial charge in [-0.05, 0) is 27.1 Å². The first-order chi connectivity index (χ1) is 9.30. The molecule has 1 aromatic rings. The minimum absolute atomic E-state index is 0.0725. The van der Waals surface area contributed by atoms with Gasteiger partial charge in [0.1, 0.15) is 0 Å². The summed E-state index contributed by atoms with van der Waals surface area (Å²) in [5.41, 5.74) is 1.17. The zero-order chi connectivity index (χ0) is 15.3. The van der Waals surface area contributed by atoms with Gasteiger partial charge in [0.05, 0.1) is 12.6 Å². The van der Waals surface area contributed by atoms with Crippen molar-refractivity contribution in [2.45, 2.75) is 10.6 Å². The first-order valence-corrected chi connectivity index (χ1v) is 8.25. The van der Waals surface area contributed by atoms with Crippen molar-refractivity contribution in [1.82, 2.24) is 14.2 Å². The number of thiazole rings is 1. The lowest BCUT2D eigenvalue weighted by atomic mass is 10.4. The maximum absolute atomic E-state index is 12.4. The van der Waals surface area contributed by atoms with Crippen LogP contribution in [0.5, 0.6) is 0 Å². The lowest BCUT2D eigenvalue weighted by Crippen LogP contribution is -2.30. The van der Waals surface area contributed by atoms with Crippen LogP contribution in [0.1, 0.15) is 16.9 Å². The van der Waals surface area contributed by atoms with E-state index in [0.29, 0.717) is 13.0 Å². The fourth-order valence-corrected chi connectivity index (χ4v) is 4.05. The van der Waals surface area contributed by atoms with Crippen molar-refractivity contribution in [3.63, 3.8) is 0 Å². The van der Waals surface area contributed by atoms with Crippen LogP contribution >= 0.6 is 11.3 Å². The van der Waals surface area contributed by atoms with Crippen molar-refractivity contribution < 1.29 is 17.9 Å². The fraction of sp³-hybridized carbons (Fsp3) is 0.636. The summed E-state index contributed by atoms with van der Waals surface area (Å²) in [5.74, 6) is -0.744. The highest BCUT2D eigenvalue weighted by atomic mass is 32.2. The van der Waals surface area contributed by atoms with Crippen molar-refractivity contribution in [2.24, 2.45) is 0 Å². The average Bonchev–Trinajstić information content (AvgIpc) is 2.87. The molecule has 0 unspecified atom stereocenters. The van der Waals surface area contributed by atoms with Gasteiger partial charge in [-0.2, -0.15) is 0 Å². The van der Waals surface area contributed by atoms with E-state index in [4.69, 9.17) is 0 Å². The molecule has 0 fully saturated rings. The smallest absolute Gasteiger partial charge is 0.358 e. The lowest BCUT2D eigenvalue weighted by Gasteiger charge is -2.17. The van der Waals surface area contributed by atoms with E-state index in [1.807, 2.05) is 19.0 Å². The Kier molecular flexibility index (Phi) is 6.06. The highest BCUT2D eigenvalue weighted by molar-refractivity contribution is 7.91. The third kappa shape index (κ3) is 3.98. The van der Waals surface area contributed by atoms with Crippen molar-refractivity contribution >= 4 is 27.3 Å². The number of hydrogen-bond donors (Lipinski definition) is 0. The zero-order valence-electron chi connectivity index (χ0n) is 12.0. The van der Waals surface area contributed by atoms with Gasteiger partial charge in [0.25, 0.3) is 10.0 Å². The predicted molar refractivity (Wildman–Crippen MR) is 76.4 cm³/mol. The molecule has 9 heteroatoms. The molecule has 20 heavy (non-hydrogen) atoms. The van der Waals surface area contributed by atoms with Gasteiger partial charge >= 0.3 is 5.97 Å². The minimum atomic E-state index is -3.71. The van der Waals surface area contributed by atoms with Crippen LogP contribution in [0.3, 0.4) is 0 Å². The normalized spacial score (nSPS) is 12.1. The van der Waals surface area contributed by atoms with Gasteiger partial charge in [0.2, 0.25) is 0 Å². The van der Waals surface area contributed by atoms with Crippen molar-refractivity contribution in [3.05, 3.63) is 11.2 Å². The van der Waals surface area contributed by atoms with Crippen LogP contribution in [0.25, 0.3) is 0 Å². The van der Waals surface area contributed by atoms with E-state index in [1.165, 1.54) is 24.0 Å². The Balaban J connectivity index is 2.88. The molecule has 0 radical (unpaired) electrons. The summed E-state index contributed by atoms with van der Waals surface area (Å²) in [7, 11) is 2.82. The zero-order valence-corrected chi connectivity index (χ0v) is 13.6. The average molecular weight is 321 g/mol. The molecule has 0 aliphatic rings. The third-order valence-corrected chi connectivity index (χ3v) is 5.84. The summed E-state index contributed by atoms with van der Waals surface area (Å²) in [5, 5.41) is 0. The van der Waals surface area contributed by atoms with Crippen LogP contribution in [-0.2, 0) is 14.8 Å². The summed E-state index contributed by atoms with van der Waals surface area (Å²) in [6, 6.07) is 0. The van der Waals surface area contributed by atoms with Crippen molar-refractivity contribution in [1.29, 1.82) is 0 Å². The standard InChI is InChI=1S/C11H19N3O4S2/c1-13(2)6-5-7-14(3)20(16,17)11-9(10(15)18-4)12-8-19-11/h8H,5-7H2,1-4H3. The van der Waals surface area contributed by atoms with Crippen LogP contribution in [-0.4, -0.2) is 69.9 Å².